The van der Waals surface area contributed by atoms with E-state index in [4.69, 9.17) is 9.26 Å². The van der Waals surface area contributed by atoms with Crippen molar-refractivity contribution in [3.05, 3.63) is 86.8 Å². The van der Waals surface area contributed by atoms with Crippen LogP contribution in [-0.2, 0) is 6.54 Å². The van der Waals surface area contributed by atoms with E-state index in [0.717, 1.165) is 0 Å². The zero-order valence-electron chi connectivity index (χ0n) is 17.9. The second-order valence-electron chi connectivity index (χ2n) is 7.23. The maximum atomic E-state index is 14.3. The second-order valence-corrected chi connectivity index (χ2v) is 7.23. The molecule has 34 heavy (non-hydrogen) atoms. The molecule has 0 amide bonds. The number of nitrogens with zero attached hydrogens (tertiary/aromatic N) is 5. The van der Waals surface area contributed by atoms with Gasteiger partial charge in [0, 0.05) is 17.8 Å². The molecule has 1 N–H and O–H groups in total. The van der Waals surface area contributed by atoms with Gasteiger partial charge in [0.15, 0.2) is 11.6 Å². The van der Waals surface area contributed by atoms with Gasteiger partial charge in [-0.1, -0.05) is 23.4 Å². The molecule has 0 fully saturated rings. The predicted molar refractivity (Wildman–Crippen MR) is 120 cm³/mol. The third-order valence-electron chi connectivity index (χ3n) is 5.05. The van der Waals surface area contributed by atoms with E-state index in [9.17, 15) is 14.0 Å². The monoisotopic (exact) mass is 460 g/mol. The molecule has 0 bridgehead atoms. The molecule has 5 aromatic rings. The molecular formula is C23H17FN6O4. The van der Waals surface area contributed by atoms with Gasteiger partial charge in [-0.25, -0.2) is 14.4 Å². The second kappa shape index (κ2) is 8.70. The zero-order valence-corrected chi connectivity index (χ0v) is 17.9. The summed E-state index contributed by atoms with van der Waals surface area (Å²) in [7, 11) is 0. The highest BCUT2D eigenvalue weighted by Gasteiger charge is 2.23. The summed E-state index contributed by atoms with van der Waals surface area (Å²) in [6.45, 7) is 2.11. The molecule has 0 aliphatic heterocycles. The van der Waals surface area contributed by atoms with Crippen LogP contribution < -0.4 is 20.9 Å². The number of rotatable bonds is 8. The molecular weight excluding hydrogens is 443 g/mol. The first-order valence-electron chi connectivity index (χ1n) is 10.3. The maximum Gasteiger partial charge on any atom is 0.272 e. The van der Waals surface area contributed by atoms with Crippen LogP contribution in [0.15, 0.2) is 69.0 Å². The van der Waals surface area contributed by atoms with E-state index < -0.39 is 10.9 Å². The maximum absolute atomic E-state index is 14.3. The van der Waals surface area contributed by atoms with Crippen LogP contribution in [0, 0.1) is 5.82 Å². The first-order valence-corrected chi connectivity index (χ1v) is 10.3. The molecule has 0 radical (unpaired) electrons. The number of halogens is 1. The Labute approximate surface area is 191 Å². The van der Waals surface area contributed by atoms with Gasteiger partial charge in [0.05, 0.1) is 18.8 Å². The lowest BCUT2D eigenvalue weighted by Crippen LogP contribution is -2.35. The van der Waals surface area contributed by atoms with Crippen molar-refractivity contribution in [2.45, 2.75) is 13.5 Å². The smallest absolute Gasteiger partial charge is 0.272 e. The van der Waals surface area contributed by atoms with Crippen LogP contribution in [0.1, 0.15) is 12.5 Å². The molecule has 0 saturated carbocycles. The number of aromatic nitrogens is 5. The van der Waals surface area contributed by atoms with Gasteiger partial charge < -0.3 is 14.6 Å². The van der Waals surface area contributed by atoms with Crippen molar-refractivity contribution in [3.8, 4) is 28.7 Å². The van der Waals surface area contributed by atoms with Gasteiger partial charge in [-0.3, -0.25) is 14.3 Å². The number of benzene rings is 1. The van der Waals surface area contributed by atoms with Crippen molar-refractivity contribution in [3.63, 3.8) is 0 Å². The van der Waals surface area contributed by atoms with Gasteiger partial charge in [-0.05, 0) is 25.1 Å². The van der Waals surface area contributed by atoms with E-state index in [0.29, 0.717) is 22.6 Å². The Morgan fingerprint density at radius 3 is 2.74 bits per heavy atom. The quantitative estimate of drug-likeness (QED) is 0.348. The third-order valence-corrected chi connectivity index (χ3v) is 5.05. The SMILES string of the molecule is CCOc1c(Nc2ccnc(-c3cc(-c4ccon4)n(Cc4ccccc4F)n3)n2)c(=O)c1=O. The van der Waals surface area contributed by atoms with Crippen LogP contribution >= 0.6 is 0 Å². The van der Waals surface area contributed by atoms with Crippen LogP contribution in [0.2, 0.25) is 0 Å². The Morgan fingerprint density at radius 1 is 1.12 bits per heavy atom. The Balaban J connectivity index is 1.50. The number of ether oxygens (including phenoxy) is 1. The highest BCUT2D eigenvalue weighted by molar-refractivity contribution is 5.69. The zero-order chi connectivity index (χ0) is 23.7. The summed E-state index contributed by atoms with van der Waals surface area (Å²) in [5, 5.41) is 11.3. The fourth-order valence-electron chi connectivity index (χ4n) is 3.43. The summed E-state index contributed by atoms with van der Waals surface area (Å²) in [6, 6.07) is 11.3. The molecule has 0 saturated heterocycles. The van der Waals surface area contributed by atoms with Gasteiger partial charge in [0.2, 0.25) is 0 Å². The van der Waals surface area contributed by atoms with Gasteiger partial charge in [-0.2, -0.15) is 5.10 Å². The van der Waals surface area contributed by atoms with Gasteiger partial charge in [0.1, 0.15) is 35.0 Å². The number of hydrogen-bond donors (Lipinski definition) is 1. The predicted octanol–water partition coefficient (Wildman–Crippen LogP) is 2.92. The Morgan fingerprint density at radius 2 is 1.97 bits per heavy atom. The average molecular weight is 460 g/mol. The summed E-state index contributed by atoms with van der Waals surface area (Å²) in [5.41, 5.74) is 0.623. The van der Waals surface area contributed by atoms with Crippen molar-refractivity contribution < 1.29 is 13.7 Å². The molecule has 2 aromatic carbocycles. The Hall–Kier alpha value is -4.67. The molecule has 10 nitrogen and oxygen atoms in total. The molecule has 0 aliphatic rings. The van der Waals surface area contributed by atoms with Crippen molar-refractivity contribution in [1.82, 2.24) is 24.9 Å². The van der Waals surface area contributed by atoms with E-state index >= 15 is 0 Å². The molecule has 0 spiro atoms. The lowest BCUT2D eigenvalue weighted by Gasteiger charge is -2.12. The fourth-order valence-corrected chi connectivity index (χ4v) is 3.43. The highest BCUT2D eigenvalue weighted by atomic mass is 19.1. The topological polar surface area (TPSA) is 125 Å². The van der Waals surface area contributed by atoms with E-state index in [2.05, 4.69) is 25.5 Å². The summed E-state index contributed by atoms with van der Waals surface area (Å²) in [6.07, 6.45) is 2.92. The third kappa shape index (κ3) is 3.83. The van der Waals surface area contributed by atoms with E-state index in [1.807, 2.05) is 0 Å². The van der Waals surface area contributed by atoms with E-state index in [-0.39, 0.29) is 42.0 Å². The molecule has 0 atom stereocenters. The van der Waals surface area contributed by atoms with Crippen LogP contribution in [0.4, 0.5) is 15.9 Å². The lowest BCUT2D eigenvalue weighted by molar-refractivity contribution is 0.335. The van der Waals surface area contributed by atoms with Crippen molar-refractivity contribution in [1.29, 1.82) is 0 Å². The van der Waals surface area contributed by atoms with Gasteiger partial charge >= 0.3 is 0 Å². The molecule has 0 unspecified atom stereocenters. The van der Waals surface area contributed by atoms with Gasteiger partial charge in [-0.15, -0.1) is 0 Å². The minimum absolute atomic E-state index is 0.0184. The fraction of sp³-hybridized carbons (Fsp3) is 0.130. The van der Waals surface area contributed by atoms with Crippen LogP contribution in [0.25, 0.3) is 22.9 Å². The van der Waals surface area contributed by atoms with Crippen LogP contribution in [0.5, 0.6) is 5.75 Å². The number of hydrogen-bond acceptors (Lipinski definition) is 9. The minimum Gasteiger partial charge on any atom is -0.488 e. The molecule has 3 aromatic heterocycles. The summed E-state index contributed by atoms with van der Waals surface area (Å²) in [5.74, 6) is 0.157. The van der Waals surface area contributed by atoms with Crippen LogP contribution in [0.3, 0.4) is 0 Å². The Kier molecular flexibility index (Phi) is 5.42. The lowest BCUT2D eigenvalue weighted by atomic mass is 10.2. The standard InChI is InChI=1S/C23H17FN6O4/c1-2-33-22-19(20(31)21(22)32)26-18-7-9-25-23(27-18)16-11-17(15-8-10-34-29-15)30(28-16)12-13-5-3-4-6-14(13)24/h3-11H,2,12H2,1H3,(H,25,26,27). The van der Waals surface area contributed by atoms with Crippen molar-refractivity contribution in [2.24, 2.45) is 0 Å². The molecule has 5 rings (SSSR count). The minimum atomic E-state index is -0.678. The number of anilines is 2. The van der Waals surface area contributed by atoms with Gasteiger partial charge in [0.25, 0.3) is 10.9 Å². The normalized spacial score (nSPS) is 11.1. The highest BCUT2D eigenvalue weighted by Crippen LogP contribution is 2.26. The van der Waals surface area contributed by atoms with Crippen molar-refractivity contribution in [2.75, 3.05) is 11.9 Å². The Bertz CT molecular complexity index is 1540. The molecule has 170 valence electrons. The molecule has 0 aliphatic carbocycles. The van der Waals surface area contributed by atoms with E-state index in [1.54, 1.807) is 48.0 Å². The average Bonchev–Trinajstić information content (AvgIpc) is 3.53. The summed E-state index contributed by atoms with van der Waals surface area (Å²) in [4.78, 5) is 32.3. The largest absolute Gasteiger partial charge is 0.488 e. The van der Waals surface area contributed by atoms with Crippen molar-refractivity contribution >= 4 is 11.5 Å². The summed E-state index contributed by atoms with van der Waals surface area (Å²) < 4.78 is 26.0. The molecule has 3 heterocycles. The summed E-state index contributed by atoms with van der Waals surface area (Å²) >= 11 is 0. The first kappa shape index (κ1) is 21.2. The first-order chi connectivity index (χ1) is 16.5. The van der Waals surface area contributed by atoms with E-state index in [1.165, 1.54) is 18.5 Å². The number of nitrogens with one attached hydrogen (secondary N) is 1. The van der Waals surface area contributed by atoms with Crippen LogP contribution in [-0.4, -0.2) is 31.5 Å². The molecule has 11 heteroatoms.